The number of nitrogens with one attached hydrogen (secondary N) is 1. The van der Waals surface area contributed by atoms with Crippen molar-refractivity contribution >= 4 is 43.7 Å². The predicted octanol–water partition coefficient (Wildman–Crippen LogP) is 3.82. The van der Waals surface area contributed by atoms with Crippen LogP contribution in [0.25, 0.3) is 10.2 Å². The molecule has 2 heterocycles. The van der Waals surface area contributed by atoms with Gasteiger partial charge in [0.25, 0.3) is 0 Å². The molecule has 0 spiro atoms. The predicted molar refractivity (Wildman–Crippen MR) is 82.9 cm³/mol. The van der Waals surface area contributed by atoms with Crippen LogP contribution in [0, 0.1) is 6.92 Å². The quantitative estimate of drug-likeness (QED) is 0.720. The fourth-order valence-electron chi connectivity index (χ4n) is 1.82. The van der Waals surface area contributed by atoms with E-state index in [1.54, 1.807) is 22.7 Å². The standard InChI is InChI=1S/C13H14N4S2/c1-7-6-18-12(15-7)8(2)16-13-17-10-4-3-9(14)5-11(10)19-13/h3-6,8H,14H2,1-2H3,(H,16,17). The number of aryl methyl sites for hydroxylation is 1. The molecule has 4 nitrogen and oxygen atoms in total. The average Bonchev–Trinajstić information content (AvgIpc) is 2.94. The van der Waals surface area contributed by atoms with E-state index >= 15 is 0 Å². The zero-order valence-corrected chi connectivity index (χ0v) is 12.3. The number of nitrogen functional groups attached to an aromatic ring is 1. The number of hydrogen-bond donors (Lipinski definition) is 2. The van der Waals surface area contributed by atoms with Crippen LogP contribution in [-0.2, 0) is 0 Å². The van der Waals surface area contributed by atoms with Crippen molar-refractivity contribution in [3.8, 4) is 0 Å². The van der Waals surface area contributed by atoms with E-state index in [0.717, 1.165) is 31.7 Å². The minimum atomic E-state index is 0.164. The summed E-state index contributed by atoms with van der Waals surface area (Å²) in [7, 11) is 0. The average molecular weight is 290 g/mol. The number of benzene rings is 1. The van der Waals surface area contributed by atoms with Crippen LogP contribution < -0.4 is 11.1 Å². The second kappa shape index (κ2) is 4.79. The Hall–Kier alpha value is -1.66. The fraction of sp³-hybridized carbons (Fsp3) is 0.231. The molecular formula is C13H14N4S2. The molecule has 0 aliphatic rings. The third-order valence-corrected chi connectivity index (χ3v) is 4.85. The van der Waals surface area contributed by atoms with Gasteiger partial charge in [0.1, 0.15) is 5.01 Å². The van der Waals surface area contributed by atoms with Crippen LogP contribution in [0.1, 0.15) is 23.7 Å². The Morgan fingerprint density at radius 2 is 2.16 bits per heavy atom. The molecule has 0 aliphatic carbocycles. The Morgan fingerprint density at radius 3 is 2.89 bits per heavy atom. The molecule has 1 atom stereocenters. The van der Waals surface area contributed by atoms with Gasteiger partial charge in [-0.15, -0.1) is 11.3 Å². The van der Waals surface area contributed by atoms with Crippen LogP contribution in [-0.4, -0.2) is 9.97 Å². The molecule has 1 aromatic carbocycles. The first-order chi connectivity index (χ1) is 9.11. The minimum absolute atomic E-state index is 0.164. The first-order valence-corrected chi connectivity index (χ1v) is 7.66. The lowest BCUT2D eigenvalue weighted by Gasteiger charge is -2.08. The zero-order valence-electron chi connectivity index (χ0n) is 10.7. The van der Waals surface area contributed by atoms with Gasteiger partial charge in [-0.1, -0.05) is 11.3 Å². The molecule has 0 radical (unpaired) electrons. The molecule has 3 N–H and O–H groups in total. The van der Waals surface area contributed by atoms with Crippen LogP contribution in [0.3, 0.4) is 0 Å². The van der Waals surface area contributed by atoms with Crippen molar-refractivity contribution in [1.82, 2.24) is 9.97 Å². The van der Waals surface area contributed by atoms with Crippen molar-refractivity contribution in [2.45, 2.75) is 19.9 Å². The van der Waals surface area contributed by atoms with Crippen molar-refractivity contribution < 1.29 is 0 Å². The number of nitrogens with two attached hydrogens (primary N) is 1. The molecule has 98 valence electrons. The number of aromatic nitrogens is 2. The SMILES string of the molecule is Cc1csc(C(C)Nc2nc3ccc(N)cc3s2)n1. The maximum atomic E-state index is 5.78. The number of rotatable bonds is 3. The summed E-state index contributed by atoms with van der Waals surface area (Å²) in [5, 5.41) is 7.44. The van der Waals surface area contributed by atoms with Crippen molar-refractivity contribution in [3.63, 3.8) is 0 Å². The summed E-state index contributed by atoms with van der Waals surface area (Å²) in [5.74, 6) is 0. The van der Waals surface area contributed by atoms with Crippen LogP contribution in [0.15, 0.2) is 23.6 Å². The molecule has 1 unspecified atom stereocenters. The lowest BCUT2D eigenvalue weighted by Crippen LogP contribution is -2.05. The lowest BCUT2D eigenvalue weighted by molar-refractivity contribution is 0.862. The summed E-state index contributed by atoms with van der Waals surface area (Å²) in [6.07, 6.45) is 0. The van der Waals surface area contributed by atoms with E-state index < -0.39 is 0 Å². The monoisotopic (exact) mass is 290 g/mol. The highest BCUT2D eigenvalue weighted by molar-refractivity contribution is 7.22. The van der Waals surface area contributed by atoms with Crippen molar-refractivity contribution in [1.29, 1.82) is 0 Å². The second-order valence-corrected chi connectivity index (χ2v) is 6.36. The molecular weight excluding hydrogens is 276 g/mol. The topological polar surface area (TPSA) is 63.8 Å². The third-order valence-electron chi connectivity index (χ3n) is 2.76. The molecule has 0 aliphatic heterocycles. The van der Waals surface area contributed by atoms with E-state index in [0.29, 0.717) is 0 Å². The van der Waals surface area contributed by atoms with E-state index in [2.05, 4.69) is 27.6 Å². The number of thiazole rings is 2. The van der Waals surface area contributed by atoms with Gasteiger partial charge in [-0.05, 0) is 32.0 Å². The fourth-order valence-corrected chi connectivity index (χ4v) is 3.63. The van der Waals surface area contributed by atoms with Crippen molar-refractivity contribution in [2.24, 2.45) is 0 Å². The molecule has 0 amide bonds. The minimum Gasteiger partial charge on any atom is -0.399 e. The van der Waals surface area contributed by atoms with E-state index in [-0.39, 0.29) is 6.04 Å². The van der Waals surface area contributed by atoms with E-state index in [9.17, 15) is 0 Å². The molecule has 6 heteroatoms. The molecule has 3 aromatic rings. The van der Waals surface area contributed by atoms with E-state index in [1.165, 1.54) is 0 Å². The number of fused-ring (bicyclic) bond motifs is 1. The summed E-state index contributed by atoms with van der Waals surface area (Å²) in [6, 6.07) is 5.94. The van der Waals surface area contributed by atoms with Crippen LogP contribution in [0.5, 0.6) is 0 Å². The van der Waals surface area contributed by atoms with Gasteiger partial charge in [0, 0.05) is 16.8 Å². The molecule has 0 saturated heterocycles. The summed E-state index contributed by atoms with van der Waals surface area (Å²) in [5.41, 5.74) is 8.59. The number of nitrogens with zero attached hydrogens (tertiary/aromatic N) is 2. The van der Waals surface area contributed by atoms with Gasteiger partial charge in [-0.2, -0.15) is 0 Å². The molecule has 19 heavy (non-hydrogen) atoms. The van der Waals surface area contributed by atoms with Crippen molar-refractivity contribution in [2.75, 3.05) is 11.1 Å². The Morgan fingerprint density at radius 1 is 1.32 bits per heavy atom. The summed E-state index contributed by atoms with van der Waals surface area (Å²) < 4.78 is 1.10. The van der Waals surface area contributed by atoms with E-state index in [1.807, 2.05) is 25.1 Å². The van der Waals surface area contributed by atoms with Gasteiger partial charge in [0.05, 0.1) is 16.3 Å². The highest BCUT2D eigenvalue weighted by Crippen LogP contribution is 2.30. The summed E-state index contributed by atoms with van der Waals surface area (Å²) in [4.78, 5) is 9.04. The normalized spacial score (nSPS) is 12.7. The van der Waals surface area contributed by atoms with Crippen molar-refractivity contribution in [3.05, 3.63) is 34.3 Å². The molecule has 0 bridgehead atoms. The summed E-state index contributed by atoms with van der Waals surface area (Å²) >= 11 is 3.29. The Balaban J connectivity index is 1.85. The number of anilines is 2. The maximum absolute atomic E-state index is 5.78. The van der Waals surface area contributed by atoms with Gasteiger partial charge >= 0.3 is 0 Å². The smallest absolute Gasteiger partial charge is 0.184 e. The number of hydrogen-bond acceptors (Lipinski definition) is 6. The molecule has 3 rings (SSSR count). The second-order valence-electron chi connectivity index (χ2n) is 4.44. The highest BCUT2D eigenvalue weighted by Gasteiger charge is 2.12. The van der Waals surface area contributed by atoms with Crippen LogP contribution in [0.2, 0.25) is 0 Å². The van der Waals surface area contributed by atoms with Gasteiger partial charge in [0.15, 0.2) is 5.13 Å². The maximum Gasteiger partial charge on any atom is 0.184 e. The first kappa shape index (κ1) is 12.4. The Bertz CT molecular complexity index is 716. The Kier molecular flexibility index (Phi) is 3.12. The van der Waals surface area contributed by atoms with Gasteiger partial charge in [-0.25, -0.2) is 9.97 Å². The zero-order chi connectivity index (χ0) is 13.4. The lowest BCUT2D eigenvalue weighted by atomic mass is 10.3. The first-order valence-electron chi connectivity index (χ1n) is 5.96. The molecule has 0 fully saturated rings. The molecule has 0 saturated carbocycles. The Labute approximate surface area is 119 Å². The van der Waals surface area contributed by atoms with E-state index in [4.69, 9.17) is 5.73 Å². The van der Waals surface area contributed by atoms with Gasteiger partial charge < -0.3 is 11.1 Å². The summed E-state index contributed by atoms with van der Waals surface area (Å²) in [6.45, 7) is 4.10. The van der Waals surface area contributed by atoms with Gasteiger partial charge in [-0.3, -0.25) is 0 Å². The van der Waals surface area contributed by atoms with Crippen LogP contribution in [0.4, 0.5) is 10.8 Å². The van der Waals surface area contributed by atoms with Gasteiger partial charge in [0.2, 0.25) is 0 Å². The molecule has 2 aromatic heterocycles. The largest absolute Gasteiger partial charge is 0.399 e. The highest BCUT2D eigenvalue weighted by atomic mass is 32.1. The third kappa shape index (κ3) is 2.54. The van der Waals surface area contributed by atoms with Crippen LogP contribution >= 0.6 is 22.7 Å².